The van der Waals surface area contributed by atoms with Gasteiger partial charge in [0.05, 0.1) is 11.0 Å². The molecule has 0 N–H and O–H groups in total. The van der Waals surface area contributed by atoms with Crippen LogP contribution in [0.15, 0.2) is 48.9 Å². The van der Waals surface area contributed by atoms with Crippen molar-refractivity contribution in [2.24, 2.45) is 0 Å². The third-order valence-corrected chi connectivity index (χ3v) is 3.72. The molecule has 0 radical (unpaired) electrons. The molecule has 0 fully saturated rings. The van der Waals surface area contributed by atoms with Crippen LogP contribution in [0.5, 0.6) is 0 Å². The smallest absolute Gasteiger partial charge is 0.116 e. The standard InChI is InChI=1S/C16H13N3/c1-2-19-14-6-4-3-5-12(14)13-8-7-11-9-17-10-18-15(11)16(13)19/h3-10H,2H2,1H3. The summed E-state index contributed by atoms with van der Waals surface area (Å²) in [7, 11) is 0. The molecule has 2 aromatic heterocycles. The van der Waals surface area contributed by atoms with Gasteiger partial charge in [0.1, 0.15) is 6.33 Å². The van der Waals surface area contributed by atoms with Gasteiger partial charge in [-0.05, 0) is 13.0 Å². The Kier molecular flexibility index (Phi) is 2.09. The average molecular weight is 247 g/mol. The highest BCUT2D eigenvalue weighted by molar-refractivity contribution is 6.16. The quantitative estimate of drug-likeness (QED) is 0.512. The molecule has 0 aliphatic heterocycles. The Hall–Kier alpha value is -2.42. The van der Waals surface area contributed by atoms with Crippen molar-refractivity contribution in [1.82, 2.24) is 14.5 Å². The highest BCUT2D eigenvalue weighted by Gasteiger charge is 2.12. The van der Waals surface area contributed by atoms with Gasteiger partial charge in [-0.2, -0.15) is 0 Å². The third-order valence-electron chi connectivity index (χ3n) is 3.72. The number of rotatable bonds is 1. The first-order valence-corrected chi connectivity index (χ1v) is 6.50. The molecule has 0 saturated carbocycles. The predicted molar refractivity (Wildman–Crippen MR) is 78.2 cm³/mol. The molecule has 3 nitrogen and oxygen atoms in total. The van der Waals surface area contributed by atoms with Crippen LogP contribution in [0.3, 0.4) is 0 Å². The number of fused-ring (bicyclic) bond motifs is 5. The second kappa shape index (κ2) is 3.79. The third kappa shape index (κ3) is 1.32. The number of aromatic nitrogens is 3. The zero-order valence-electron chi connectivity index (χ0n) is 10.7. The fourth-order valence-corrected chi connectivity index (χ4v) is 2.92. The second-order valence-electron chi connectivity index (χ2n) is 4.68. The summed E-state index contributed by atoms with van der Waals surface area (Å²) in [5.74, 6) is 0. The topological polar surface area (TPSA) is 30.7 Å². The van der Waals surface area contributed by atoms with Crippen molar-refractivity contribution in [3.05, 3.63) is 48.9 Å². The van der Waals surface area contributed by atoms with Crippen molar-refractivity contribution in [2.45, 2.75) is 13.5 Å². The van der Waals surface area contributed by atoms with E-state index in [9.17, 15) is 0 Å². The number of benzene rings is 2. The SMILES string of the molecule is CCn1c2ccccc2c2ccc3cncnc3c21. The zero-order valence-corrected chi connectivity index (χ0v) is 10.7. The van der Waals surface area contributed by atoms with Gasteiger partial charge in [0.15, 0.2) is 0 Å². The summed E-state index contributed by atoms with van der Waals surface area (Å²) in [6.07, 6.45) is 3.50. The fourth-order valence-electron chi connectivity index (χ4n) is 2.92. The molecule has 3 heteroatoms. The van der Waals surface area contributed by atoms with Crippen molar-refractivity contribution in [3.8, 4) is 0 Å². The summed E-state index contributed by atoms with van der Waals surface area (Å²) in [6.45, 7) is 3.11. The number of nitrogens with zero attached hydrogens (tertiary/aromatic N) is 3. The molecule has 0 aliphatic carbocycles. The van der Waals surface area contributed by atoms with E-state index in [0.717, 1.165) is 17.4 Å². The van der Waals surface area contributed by atoms with Crippen molar-refractivity contribution in [2.75, 3.05) is 0 Å². The number of hydrogen-bond donors (Lipinski definition) is 0. The van der Waals surface area contributed by atoms with Crippen LogP contribution in [0.25, 0.3) is 32.7 Å². The van der Waals surface area contributed by atoms with E-state index in [-0.39, 0.29) is 0 Å². The average Bonchev–Trinajstić information content (AvgIpc) is 2.81. The molecule has 0 aliphatic rings. The largest absolute Gasteiger partial charge is 0.339 e. The summed E-state index contributed by atoms with van der Waals surface area (Å²) < 4.78 is 2.33. The Bertz CT molecular complexity index is 906. The minimum atomic E-state index is 0.938. The Morgan fingerprint density at radius 2 is 1.95 bits per heavy atom. The van der Waals surface area contributed by atoms with Gasteiger partial charge in [-0.15, -0.1) is 0 Å². The Morgan fingerprint density at radius 3 is 2.84 bits per heavy atom. The van der Waals surface area contributed by atoms with E-state index in [1.807, 2.05) is 6.20 Å². The maximum Gasteiger partial charge on any atom is 0.116 e. The maximum atomic E-state index is 4.48. The predicted octanol–water partition coefficient (Wildman–Crippen LogP) is 3.76. The van der Waals surface area contributed by atoms with E-state index in [2.05, 4.69) is 57.9 Å². The first-order chi connectivity index (χ1) is 9.40. The van der Waals surface area contributed by atoms with E-state index < -0.39 is 0 Å². The second-order valence-corrected chi connectivity index (χ2v) is 4.68. The maximum absolute atomic E-state index is 4.48. The molecule has 0 bridgehead atoms. The summed E-state index contributed by atoms with van der Waals surface area (Å²) in [5, 5.41) is 3.65. The van der Waals surface area contributed by atoms with Crippen LogP contribution in [0, 0.1) is 0 Å². The molecule has 4 aromatic rings. The summed E-state index contributed by atoms with van der Waals surface area (Å²) in [4.78, 5) is 8.59. The minimum Gasteiger partial charge on any atom is -0.339 e. The van der Waals surface area contributed by atoms with Crippen LogP contribution in [-0.4, -0.2) is 14.5 Å². The van der Waals surface area contributed by atoms with Gasteiger partial charge in [-0.3, -0.25) is 0 Å². The van der Waals surface area contributed by atoms with Crippen LogP contribution in [0.2, 0.25) is 0 Å². The van der Waals surface area contributed by atoms with Gasteiger partial charge in [0, 0.05) is 34.4 Å². The molecule has 2 aromatic carbocycles. The minimum absolute atomic E-state index is 0.938. The van der Waals surface area contributed by atoms with Crippen LogP contribution in [0.1, 0.15) is 6.92 Å². The van der Waals surface area contributed by atoms with Crippen molar-refractivity contribution in [1.29, 1.82) is 0 Å². The molecule has 4 rings (SSSR count). The lowest BCUT2D eigenvalue weighted by Gasteiger charge is -2.04. The Morgan fingerprint density at radius 1 is 1.05 bits per heavy atom. The lowest BCUT2D eigenvalue weighted by molar-refractivity contribution is 0.828. The highest BCUT2D eigenvalue weighted by Crippen LogP contribution is 2.32. The van der Waals surface area contributed by atoms with Gasteiger partial charge < -0.3 is 4.57 Å². The molecule has 0 unspecified atom stereocenters. The molecule has 0 atom stereocenters. The van der Waals surface area contributed by atoms with Gasteiger partial charge in [-0.25, -0.2) is 9.97 Å². The normalized spacial score (nSPS) is 11.6. The first-order valence-electron chi connectivity index (χ1n) is 6.50. The van der Waals surface area contributed by atoms with Crippen molar-refractivity contribution < 1.29 is 0 Å². The summed E-state index contributed by atoms with van der Waals surface area (Å²) in [6, 6.07) is 12.8. The molecular weight excluding hydrogens is 234 g/mol. The van der Waals surface area contributed by atoms with Gasteiger partial charge in [0.25, 0.3) is 0 Å². The zero-order chi connectivity index (χ0) is 12.8. The molecule has 19 heavy (non-hydrogen) atoms. The number of aryl methyl sites for hydroxylation is 1. The van der Waals surface area contributed by atoms with E-state index in [1.165, 1.54) is 21.8 Å². The van der Waals surface area contributed by atoms with E-state index >= 15 is 0 Å². The molecule has 92 valence electrons. The van der Waals surface area contributed by atoms with Crippen LogP contribution < -0.4 is 0 Å². The summed E-state index contributed by atoms with van der Waals surface area (Å²) >= 11 is 0. The van der Waals surface area contributed by atoms with Gasteiger partial charge in [0.2, 0.25) is 0 Å². The van der Waals surface area contributed by atoms with Crippen LogP contribution in [0.4, 0.5) is 0 Å². The van der Waals surface area contributed by atoms with E-state index in [4.69, 9.17) is 0 Å². The van der Waals surface area contributed by atoms with Crippen LogP contribution in [-0.2, 0) is 6.54 Å². The van der Waals surface area contributed by atoms with Gasteiger partial charge >= 0.3 is 0 Å². The van der Waals surface area contributed by atoms with E-state index in [0.29, 0.717) is 0 Å². The molecule has 0 spiro atoms. The molecular formula is C16H13N3. The lowest BCUT2D eigenvalue weighted by atomic mass is 10.1. The molecule has 0 amide bonds. The van der Waals surface area contributed by atoms with Crippen LogP contribution >= 0.6 is 0 Å². The van der Waals surface area contributed by atoms with Gasteiger partial charge in [-0.1, -0.05) is 30.3 Å². The molecule has 0 saturated heterocycles. The van der Waals surface area contributed by atoms with Crippen molar-refractivity contribution >= 4 is 32.7 Å². The Labute approximate surface area is 110 Å². The number of para-hydroxylation sites is 1. The lowest BCUT2D eigenvalue weighted by Crippen LogP contribution is -1.94. The van der Waals surface area contributed by atoms with E-state index in [1.54, 1.807) is 6.33 Å². The highest BCUT2D eigenvalue weighted by atomic mass is 15.0. The summed E-state index contributed by atoms with van der Waals surface area (Å²) in [5.41, 5.74) is 3.51. The monoisotopic (exact) mass is 247 g/mol. The first kappa shape index (κ1) is 10.5. The Balaban J connectivity index is 2.37. The fraction of sp³-hybridized carbons (Fsp3) is 0.125. The number of hydrogen-bond acceptors (Lipinski definition) is 2. The molecule has 2 heterocycles. The van der Waals surface area contributed by atoms with Crippen molar-refractivity contribution in [3.63, 3.8) is 0 Å².